The molecule has 0 bridgehead atoms. The minimum atomic E-state index is 0.315. The Morgan fingerprint density at radius 1 is 1.03 bits per heavy atom. The van der Waals surface area contributed by atoms with Crippen LogP contribution in [0.1, 0.15) is 91.5 Å². The molecule has 0 radical (unpaired) electrons. The van der Waals surface area contributed by atoms with E-state index in [2.05, 4.69) is 80.7 Å². The molecule has 1 unspecified atom stereocenters. The van der Waals surface area contributed by atoms with Crippen LogP contribution in [-0.2, 0) is 6.54 Å². The molecule has 1 atom stereocenters. The van der Waals surface area contributed by atoms with Gasteiger partial charge in [0.05, 0.1) is 23.4 Å². The molecule has 0 fully saturated rings. The summed E-state index contributed by atoms with van der Waals surface area (Å²) in [7, 11) is 0. The van der Waals surface area contributed by atoms with Crippen LogP contribution in [0.5, 0.6) is 5.75 Å². The first-order valence-electron chi connectivity index (χ1n) is 14.0. The SMILES string of the molecule is CCCCCCCC/N=c1\sc2cc(N=N)c(OCCC(C)CC(C)(C)C)cc2n1Cc1ccccc1. The minimum Gasteiger partial charge on any atom is -0.491 e. The van der Waals surface area contributed by atoms with Gasteiger partial charge in [0.1, 0.15) is 11.4 Å². The van der Waals surface area contributed by atoms with Gasteiger partial charge in [0.25, 0.3) is 0 Å². The Hall–Kier alpha value is -2.47. The Balaban J connectivity index is 1.84. The summed E-state index contributed by atoms with van der Waals surface area (Å²) in [5.74, 6) is 1.27. The zero-order valence-corrected chi connectivity index (χ0v) is 24.4. The largest absolute Gasteiger partial charge is 0.491 e. The van der Waals surface area contributed by atoms with E-state index in [4.69, 9.17) is 15.3 Å². The van der Waals surface area contributed by atoms with E-state index in [0.717, 1.165) is 47.4 Å². The van der Waals surface area contributed by atoms with Crippen molar-refractivity contribution in [1.82, 2.24) is 4.57 Å². The highest BCUT2D eigenvalue weighted by atomic mass is 32.1. The molecule has 0 aliphatic carbocycles. The minimum absolute atomic E-state index is 0.315. The molecular weight excluding hydrogens is 476 g/mol. The number of benzene rings is 2. The van der Waals surface area contributed by atoms with Gasteiger partial charge in [-0.15, -0.1) is 0 Å². The smallest absolute Gasteiger partial charge is 0.186 e. The van der Waals surface area contributed by atoms with Gasteiger partial charge in [0.15, 0.2) is 4.80 Å². The van der Waals surface area contributed by atoms with E-state index < -0.39 is 0 Å². The van der Waals surface area contributed by atoms with Gasteiger partial charge < -0.3 is 9.30 Å². The van der Waals surface area contributed by atoms with Crippen molar-refractivity contribution in [2.24, 2.45) is 21.4 Å². The maximum absolute atomic E-state index is 7.76. The Morgan fingerprint density at radius 2 is 1.76 bits per heavy atom. The lowest BCUT2D eigenvalue weighted by Crippen LogP contribution is -2.16. The average Bonchev–Trinajstić information content (AvgIpc) is 3.18. The van der Waals surface area contributed by atoms with Gasteiger partial charge in [0.2, 0.25) is 0 Å². The zero-order chi connectivity index (χ0) is 26.7. The van der Waals surface area contributed by atoms with Crippen molar-refractivity contribution in [2.75, 3.05) is 13.2 Å². The summed E-state index contributed by atoms with van der Waals surface area (Å²) < 4.78 is 9.62. The molecule has 5 nitrogen and oxygen atoms in total. The van der Waals surface area contributed by atoms with E-state index in [9.17, 15) is 0 Å². The van der Waals surface area contributed by atoms with E-state index in [0.29, 0.717) is 29.4 Å². The molecule has 0 aliphatic heterocycles. The third-order valence-corrected chi connectivity index (χ3v) is 7.73. The van der Waals surface area contributed by atoms with Crippen LogP contribution in [0, 0.1) is 16.9 Å². The fourth-order valence-electron chi connectivity index (χ4n) is 4.91. The number of nitrogens with one attached hydrogen (secondary N) is 1. The molecule has 3 aromatic rings. The van der Waals surface area contributed by atoms with Crippen LogP contribution in [0.25, 0.3) is 10.2 Å². The van der Waals surface area contributed by atoms with Crippen LogP contribution in [0.2, 0.25) is 0 Å². The van der Waals surface area contributed by atoms with E-state index in [1.54, 1.807) is 11.3 Å². The molecule has 1 N–H and O–H groups in total. The molecule has 3 rings (SSSR count). The molecule has 6 heteroatoms. The van der Waals surface area contributed by atoms with Crippen LogP contribution in [0.4, 0.5) is 5.69 Å². The van der Waals surface area contributed by atoms with Crippen LogP contribution < -0.4 is 9.54 Å². The second-order valence-corrected chi connectivity index (χ2v) is 12.5. The quantitative estimate of drug-likeness (QED) is 0.157. The normalized spacial score (nSPS) is 13.3. The van der Waals surface area contributed by atoms with Crippen molar-refractivity contribution in [3.63, 3.8) is 0 Å². The molecule has 1 heterocycles. The topological polar surface area (TPSA) is 62.7 Å². The number of nitrogens with zero attached hydrogens (tertiary/aromatic N) is 3. The molecular formula is C31H46N4OS. The maximum atomic E-state index is 7.76. The molecule has 0 saturated heterocycles. The Morgan fingerprint density at radius 3 is 2.46 bits per heavy atom. The Kier molecular flexibility index (Phi) is 11.4. The Labute approximate surface area is 227 Å². The van der Waals surface area contributed by atoms with Crippen molar-refractivity contribution < 1.29 is 4.74 Å². The summed E-state index contributed by atoms with van der Waals surface area (Å²) in [6, 6.07) is 14.6. The molecule has 1 aromatic heterocycles. The fourth-order valence-corrected chi connectivity index (χ4v) is 5.98. The summed E-state index contributed by atoms with van der Waals surface area (Å²) in [4.78, 5) is 6.05. The van der Waals surface area contributed by atoms with Crippen LogP contribution >= 0.6 is 11.3 Å². The van der Waals surface area contributed by atoms with Gasteiger partial charge in [0, 0.05) is 12.6 Å². The van der Waals surface area contributed by atoms with Gasteiger partial charge >= 0.3 is 0 Å². The van der Waals surface area contributed by atoms with Crippen LogP contribution in [-0.4, -0.2) is 17.7 Å². The predicted molar refractivity (Wildman–Crippen MR) is 157 cm³/mol. The van der Waals surface area contributed by atoms with E-state index in [1.165, 1.54) is 37.7 Å². The number of rotatable bonds is 15. The molecule has 0 amide bonds. The fraction of sp³-hybridized carbons (Fsp3) is 0.581. The van der Waals surface area contributed by atoms with Crippen LogP contribution in [0.3, 0.4) is 0 Å². The standard InChI is InChI=1S/C31H46N4OS/c1-6-7-8-9-10-14-18-33-30-35(23-25-15-12-11-13-16-25)27-21-28(26(34-32)20-29(27)37-30)36-19-17-24(2)22-31(3,4)5/h11-13,15-16,20-21,24,32H,6-10,14,17-19,22-23H2,1-5H3/b33-30-,34-32?. The number of hydrogen-bond donors (Lipinski definition) is 1. The van der Waals surface area contributed by atoms with Gasteiger partial charge in [-0.25, -0.2) is 5.53 Å². The second kappa shape index (κ2) is 14.5. The number of aromatic nitrogens is 1. The highest BCUT2D eigenvalue weighted by Gasteiger charge is 2.17. The number of fused-ring (bicyclic) bond motifs is 1. The van der Waals surface area contributed by atoms with E-state index in [1.807, 2.05) is 6.07 Å². The number of hydrogen-bond acceptors (Lipinski definition) is 5. The lowest BCUT2D eigenvalue weighted by molar-refractivity contribution is 0.241. The molecule has 0 spiro atoms. The second-order valence-electron chi connectivity index (χ2n) is 11.5. The molecule has 2 aromatic carbocycles. The first-order chi connectivity index (χ1) is 17.8. The lowest BCUT2D eigenvalue weighted by atomic mass is 9.84. The molecule has 0 saturated carbocycles. The number of unbranched alkanes of at least 4 members (excludes halogenated alkanes) is 5. The van der Waals surface area contributed by atoms with Gasteiger partial charge in [-0.3, -0.25) is 4.99 Å². The van der Waals surface area contributed by atoms with E-state index in [-0.39, 0.29) is 0 Å². The molecule has 0 aliphatic rings. The van der Waals surface area contributed by atoms with Crippen molar-refractivity contribution in [2.45, 2.75) is 92.5 Å². The highest BCUT2D eigenvalue weighted by molar-refractivity contribution is 7.16. The van der Waals surface area contributed by atoms with Crippen molar-refractivity contribution >= 4 is 27.2 Å². The first-order valence-corrected chi connectivity index (χ1v) is 14.8. The molecule has 202 valence electrons. The zero-order valence-electron chi connectivity index (χ0n) is 23.6. The first kappa shape index (κ1) is 29.1. The monoisotopic (exact) mass is 522 g/mol. The average molecular weight is 523 g/mol. The van der Waals surface area contributed by atoms with E-state index >= 15 is 0 Å². The van der Waals surface area contributed by atoms with Crippen molar-refractivity contribution in [3.8, 4) is 5.75 Å². The Bertz CT molecular complexity index is 1170. The maximum Gasteiger partial charge on any atom is 0.186 e. The molecule has 37 heavy (non-hydrogen) atoms. The number of thiazole rings is 1. The third-order valence-electron chi connectivity index (χ3n) is 6.66. The summed E-state index contributed by atoms with van der Waals surface area (Å²) in [6.45, 7) is 13.6. The summed E-state index contributed by atoms with van der Waals surface area (Å²) in [5, 5.41) is 3.80. The summed E-state index contributed by atoms with van der Waals surface area (Å²) in [6.07, 6.45) is 9.73. The lowest BCUT2D eigenvalue weighted by Gasteiger charge is -2.23. The predicted octanol–water partition coefficient (Wildman–Crippen LogP) is 9.52. The summed E-state index contributed by atoms with van der Waals surface area (Å²) in [5.41, 5.74) is 11.0. The van der Waals surface area contributed by atoms with Gasteiger partial charge in [-0.2, -0.15) is 5.11 Å². The van der Waals surface area contributed by atoms with Gasteiger partial charge in [-0.05, 0) is 42.2 Å². The van der Waals surface area contributed by atoms with Crippen molar-refractivity contribution in [1.29, 1.82) is 5.53 Å². The summed E-state index contributed by atoms with van der Waals surface area (Å²) >= 11 is 1.69. The van der Waals surface area contributed by atoms with Gasteiger partial charge in [-0.1, -0.05) is 108 Å². The van der Waals surface area contributed by atoms with Crippen molar-refractivity contribution in [3.05, 3.63) is 52.8 Å². The highest BCUT2D eigenvalue weighted by Crippen LogP contribution is 2.35. The number of ether oxygens (including phenoxy) is 1. The third kappa shape index (κ3) is 9.41. The van der Waals surface area contributed by atoms with Crippen LogP contribution in [0.15, 0.2) is 52.6 Å².